The number of aliphatic carboxylic acids is 1. The fraction of sp³-hybridized carbons (Fsp3) is 0.909. The maximum atomic E-state index is 10.7. The Morgan fingerprint density at radius 2 is 1.67 bits per heavy atom. The van der Waals surface area contributed by atoms with E-state index in [9.17, 15) is 15.0 Å². The van der Waals surface area contributed by atoms with E-state index in [0.29, 0.717) is 6.42 Å². The molecule has 0 aromatic carbocycles. The number of rotatable bonds is 7. The van der Waals surface area contributed by atoms with Gasteiger partial charge < -0.3 is 15.3 Å². The van der Waals surface area contributed by atoms with Crippen LogP contribution < -0.4 is 0 Å². The van der Waals surface area contributed by atoms with Gasteiger partial charge in [0.2, 0.25) is 0 Å². The van der Waals surface area contributed by atoms with Crippen molar-refractivity contribution in [3.63, 3.8) is 0 Å². The Labute approximate surface area is 90.9 Å². The Kier molecular flexibility index (Phi) is 5.24. The van der Waals surface area contributed by atoms with Crippen molar-refractivity contribution in [3.05, 3.63) is 0 Å². The molecule has 0 spiro atoms. The average Bonchev–Trinajstić information content (AvgIpc) is 2.12. The van der Waals surface area contributed by atoms with Crippen molar-refractivity contribution >= 4 is 5.97 Å². The van der Waals surface area contributed by atoms with Gasteiger partial charge in [-0.15, -0.1) is 0 Å². The Morgan fingerprint density at radius 1 is 1.13 bits per heavy atom. The van der Waals surface area contributed by atoms with Crippen molar-refractivity contribution in [1.29, 1.82) is 0 Å². The predicted octanol–water partition coefficient (Wildman–Crippen LogP) is 1.54. The van der Waals surface area contributed by atoms with Crippen LogP contribution in [0.1, 0.15) is 52.9 Å². The van der Waals surface area contributed by atoms with Crippen LogP contribution in [0.5, 0.6) is 0 Å². The largest absolute Gasteiger partial charge is 0.479 e. The summed E-state index contributed by atoms with van der Waals surface area (Å²) in [4.78, 5) is 10.7. The van der Waals surface area contributed by atoms with Gasteiger partial charge in [-0.2, -0.15) is 0 Å². The highest BCUT2D eigenvalue weighted by atomic mass is 16.4. The lowest BCUT2D eigenvalue weighted by Crippen LogP contribution is -2.55. The zero-order valence-electron chi connectivity index (χ0n) is 9.79. The summed E-state index contributed by atoms with van der Waals surface area (Å²) >= 11 is 0. The molecule has 3 N–H and O–H groups in total. The zero-order valence-corrected chi connectivity index (χ0v) is 9.79. The van der Waals surface area contributed by atoms with Crippen LogP contribution in [0.15, 0.2) is 0 Å². The molecule has 0 fully saturated rings. The molecule has 0 saturated carbocycles. The highest BCUT2D eigenvalue weighted by Gasteiger charge is 2.47. The molecule has 90 valence electrons. The van der Waals surface area contributed by atoms with Crippen LogP contribution in [0.3, 0.4) is 0 Å². The van der Waals surface area contributed by atoms with Crippen LogP contribution >= 0.6 is 0 Å². The molecule has 0 saturated heterocycles. The van der Waals surface area contributed by atoms with Crippen LogP contribution in [0, 0.1) is 0 Å². The van der Waals surface area contributed by atoms with E-state index in [4.69, 9.17) is 5.11 Å². The number of carboxylic acid groups (broad SMARTS) is 1. The van der Waals surface area contributed by atoms with Crippen molar-refractivity contribution < 1.29 is 20.1 Å². The lowest BCUT2D eigenvalue weighted by atomic mass is 9.82. The average molecular weight is 218 g/mol. The summed E-state index contributed by atoms with van der Waals surface area (Å²) in [5.74, 6) is -1.39. The third kappa shape index (κ3) is 3.80. The molecular weight excluding hydrogens is 196 g/mol. The van der Waals surface area contributed by atoms with Gasteiger partial charge in [-0.1, -0.05) is 32.6 Å². The zero-order chi connectivity index (χ0) is 12.1. The third-order valence-corrected chi connectivity index (χ3v) is 2.98. The van der Waals surface area contributed by atoms with Crippen LogP contribution in [0.2, 0.25) is 0 Å². The van der Waals surface area contributed by atoms with Gasteiger partial charge in [0.1, 0.15) is 5.60 Å². The molecule has 0 aromatic heterocycles. The molecule has 4 heteroatoms. The first-order chi connectivity index (χ1) is 6.75. The van der Waals surface area contributed by atoms with E-state index in [2.05, 4.69) is 6.92 Å². The topological polar surface area (TPSA) is 77.8 Å². The van der Waals surface area contributed by atoms with Gasteiger partial charge in [0.05, 0.1) is 0 Å². The summed E-state index contributed by atoms with van der Waals surface area (Å²) in [7, 11) is 0. The van der Waals surface area contributed by atoms with Gasteiger partial charge >= 0.3 is 5.97 Å². The molecule has 15 heavy (non-hydrogen) atoms. The quantitative estimate of drug-likeness (QED) is 0.566. The van der Waals surface area contributed by atoms with E-state index in [1.54, 1.807) is 0 Å². The molecule has 0 amide bonds. The Morgan fingerprint density at radius 3 is 2.07 bits per heavy atom. The summed E-state index contributed by atoms with van der Waals surface area (Å²) in [6, 6.07) is 0. The van der Waals surface area contributed by atoms with E-state index in [1.807, 2.05) is 0 Å². The summed E-state index contributed by atoms with van der Waals surface area (Å²) < 4.78 is 0. The minimum absolute atomic E-state index is 0.298. The predicted molar refractivity (Wildman–Crippen MR) is 57.6 cm³/mol. The summed E-state index contributed by atoms with van der Waals surface area (Å²) in [6.07, 6.45) is 4.11. The third-order valence-electron chi connectivity index (χ3n) is 2.98. The summed E-state index contributed by atoms with van der Waals surface area (Å²) in [5.41, 5.74) is -3.66. The van der Waals surface area contributed by atoms with Crippen molar-refractivity contribution in [1.82, 2.24) is 0 Å². The van der Waals surface area contributed by atoms with Crippen LogP contribution in [0.4, 0.5) is 0 Å². The van der Waals surface area contributed by atoms with Crippen molar-refractivity contribution in [2.24, 2.45) is 0 Å². The highest BCUT2D eigenvalue weighted by molar-refractivity contribution is 5.78. The van der Waals surface area contributed by atoms with Crippen molar-refractivity contribution in [2.75, 3.05) is 0 Å². The van der Waals surface area contributed by atoms with Gasteiger partial charge in [-0.3, -0.25) is 0 Å². The van der Waals surface area contributed by atoms with Crippen molar-refractivity contribution in [2.45, 2.75) is 64.1 Å². The Bertz CT molecular complexity index is 209. The first-order valence-corrected chi connectivity index (χ1v) is 5.44. The maximum Gasteiger partial charge on any atom is 0.338 e. The van der Waals surface area contributed by atoms with E-state index < -0.39 is 17.2 Å². The van der Waals surface area contributed by atoms with Gasteiger partial charge in [0.25, 0.3) is 0 Å². The van der Waals surface area contributed by atoms with E-state index in [0.717, 1.165) is 32.6 Å². The number of unbranched alkanes of at least 4 members (excludes halogenated alkanes) is 3. The lowest BCUT2D eigenvalue weighted by molar-refractivity contribution is -0.186. The van der Waals surface area contributed by atoms with E-state index in [-0.39, 0.29) is 0 Å². The van der Waals surface area contributed by atoms with Gasteiger partial charge in [-0.25, -0.2) is 4.79 Å². The molecule has 0 bridgehead atoms. The maximum absolute atomic E-state index is 10.7. The second-order valence-electron chi connectivity index (χ2n) is 4.46. The standard InChI is InChI=1S/C11H22O4/c1-4-5-6-7-8-10(2,14)11(3,15)9(12)13/h14-15H,4-8H2,1-3H3,(H,12,13). The molecule has 0 radical (unpaired) electrons. The molecule has 0 aliphatic carbocycles. The van der Waals surface area contributed by atoms with E-state index in [1.165, 1.54) is 6.92 Å². The fourth-order valence-electron chi connectivity index (χ4n) is 1.37. The number of hydrogen-bond donors (Lipinski definition) is 3. The Balaban J connectivity index is 4.22. The molecule has 4 nitrogen and oxygen atoms in total. The normalized spacial score (nSPS) is 19.3. The second kappa shape index (κ2) is 5.47. The lowest BCUT2D eigenvalue weighted by Gasteiger charge is -2.35. The number of hydrogen-bond acceptors (Lipinski definition) is 3. The van der Waals surface area contributed by atoms with E-state index >= 15 is 0 Å². The molecule has 0 rings (SSSR count). The van der Waals surface area contributed by atoms with Crippen LogP contribution in [0.25, 0.3) is 0 Å². The Hall–Kier alpha value is -0.610. The molecule has 0 aliphatic rings. The first kappa shape index (κ1) is 14.4. The number of carbonyl (C=O) groups is 1. The monoisotopic (exact) mass is 218 g/mol. The molecule has 2 unspecified atom stereocenters. The van der Waals surface area contributed by atoms with Gasteiger partial charge in [0, 0.05) is 0 Å². The fourth-order valence-corrected chi connectivity index (χ4v) is 1.37. The van der Waals surface area contributed by atoms with Crippen LogP contribution in [-0.2, 0) is 4.79 Å². The number of aliphatic hydroxyl groups is 2. The van der Waals surface area contributed by atoms with Gasteiger partial charge in [0.15, 0.2) is 5.60 Å². The number of carboxylic acids is 1. The SMILES string of the molecule is CCCCCCC(C)(O)C(C)(O)C(=O)O. The van der Waals surface area contributed by atoms with Gasteiger partial charge in [-0.05, 0) is 20.3 Å². The smallest absolute Gasteiger partial charge is 0.338 e. The summed E-state index contributed by atoms with van der Waals surface area (Å²) in [6.45, 7) is 4.58. The highest BCUT2D eigenvalue weighted by Crippen LogP contribution is 2.27. The molecule has 0 heterocycles. The second-order valence-corrected chi connectivity index (χ2v) is 4.46. The van der Waals surface area contributed by atoms with Crippen molar-refractivity contribution in [3.8, 4) is 0 Å². The van der Waals surface area contributed by atoms with Crippen LogP contribution in [-0.4, -0.2) is 32.5 Å². The minimum atomic E-state index is -2.08. The molecular formula is C11H22O4. The molecule has 0 aliphatic heterocycles. The first-order valence-electron chi connectivity index (χ1n) is 5.44. The summed E-state index contributed by atoms with van der Waals surface area (Å²) in [5, 5.41) is 28.3. The molecule has 0 aromatic rings. The minimum Gasteiger partial charge on any atom is -0.479 e. The molecule has 2 atom stereocenters.